The van der Waals surface area contributed by atoms with E-state index in [2.05, 4.69) is 10.1 Å². The lowest BCUT2D eigenvalue weighted by molar-refractivity contribution is 0.0746. The number of ether oxygens (including phenoxy) is 1. The summed E-state index contributed by atoms with van der Waals surface area (Å²) in [6.07, 6.45) is 1.36. The summed E-state index contributed by atoms with van der Waals surface area (Å²) in [5.74, 6) is -0.289. The van der Waals surface area contributed by atoms with Crippen molar-refractivity contribution in [2.45, 2.75) is 24.9 Å². The van der Waals surface area contributed by atoms with Crippen molar-refractivity contribution in [2.75, 3.05) is 7.11 Å². The number of aliphatic hydroxyl groups is 1. The fourth-order valence-electron chi connectivity index (χ4n) is 4.03. The van der Waals surface area contributed by atoms with Crippen LogP contribution in [-0.4, -0.2) is 39.4 Å². The van der Waals surface area contributed by atoms with E-state index in [9.17, 15) is 15.0 Å². The summed E-state index contributed by atoms with van der Waals surface area (Å²) in [7, 11) is 1.42. The predicted molar refractivity (Wildman–Crippen MR) is 115 cm³/mol. The smallest absolute Gasteiger partial charge is 0.254 e. The third kappa shape index (κ3) is 3.36. The number of aromatic hydroxyl groups is 1. The van der Waals surface area contributed by atoms with Gasteiger partial charge in [-0.25, -0.2) is 0 Å². The first kappa shape index (κ1) is 19.7. The van der Waals surface area contributed by atoms with Crippen LogP contribution in [-0.2, 0) is 0 Å². The molecule has 3 N–H and O–H groups in total. The van der Waals surface area contributed by atoms with Gasteiger partial charge in [0.05, 0.1) is 35.4 Å². The number of aromatic nitrogens is 2. The molecule has 0 bridgehead atoms. The molecule has 5 rings (SSSR count). The van der Waals surface area contributed by atoms with Crippen molar-refractivity contribution >= 4 is 28.3 Å². The third-order valence-corrected chi connectivity index (χ3v) is 6.13. The van der Waals surface area contributed by atoms with Gasteiger partial charge in [0.1, 0.15) is 0 Å². The van der Waals surface area contributed by atoms with Crippen LogP contribution in [0.3, 0.4) is 0 Å². The first-order valence-corrected chi connectivity index (χ1v) is 10.2. The largest absolute Gasteiger partial charge is 0.494 e. The van der Waals surface area contributed by atoms with Gasteiger partial charge in [-0.2, -0.15) is 0 Å². The minimum atomic E-state index is -0.522. The lowest BCUT2D eigenvalue weighted by Crippen LogP contribution is -2.26. The minimum absolute atomic E-state index is 0.0448. The number of halogens is 1. The Morgan fingerprint density at radius 2 is 1.97 bits per heavy atom. The zero-order chi connectivity index (χ0) is 21.7. The zero-order valence-corrected chi connectivity index (χ0v) is 17.3. The molecule has 1 aliphatic rings. The number of benzene rings is 2. The Hall–Kier alpha value is -3.29. The van der Waals surface area contributed by atoms with Crippen LogP contribution >= 0.6 is 11.6 Å². The average molecular weight is 439 g/mol. The number of aromatic amines is 1. The van der Waals surface area contributed by atoms with Gasteiger partial charge in [-0.1, -0.05) is 35.9 Å². The summed E-state index contributed by atoms with van der Waals surface area (Å²) in [6, 6.07) is 12.8. The van der Waals surface area contributed by atoms with Crippen molar-refractivity contribution in [2.24, 2.45) is 0 Å². The van der Waals surface area contributed by atoms with E-state index in [0.29, 0.717) is 21.8 Å². The van der Waals surface area contributed by atoms with E-state index in [0.717, 1.165) is 24.0 Å². The Kier molecular flexibility index (Phi) is 4.72. The van der Waals surface area contributed by atoms with Gasteiger partial charge < -0.3 is 24.5 Å². The second-order valence-electron chi connectivity index (χ2n) is 7.73. The summed E-state index contributed by atoms with van der Waals surface area (Å²) in [6.45, 7) is 0. The minimum Gasteiger partial charge on any atom is -0.494 e. The standard InChI is InChI=1S/C23H19ClN2O5/c1-30-20-10-19(31-26-20)22(28)21-16-8-15(17(24)9-18(16)25-23(21)29)12-4-2-11(3-5-12)13-6-14(27)7-13/h2-5,8-10,13-14,25,27,29H,6-7H2,1H3. The quantitative estimate of drug-likeness (QED) is 0.391. The second-order valence-corrected chi connectivity index (χ2v) is 8.14. The van der Waals surface area contributed by atoms with Crippen LogP contribution in [0, 0.1) is 0 Å². The molecule has 2 aromatic heterocycles. The molecule has 0 spiro atoms. The van der Waals surface area contributed by atoms with E-state index in [4.69, 9.17) is 20.9 Å². The van der Waals surface area contributed by atoms with Gasteiger partial charge in [-0.15, -0.1) is 0 Å². The van der Waals surface area contributed by atoms with Gasteiger partial charge >= 0.3 is 0 Å². The molecule has 0 saturated heterocycles. The number of hydrogen-bond acceptors (Lipinski definition) is 6. The molecule has 2 heterocycles. The maximum atomic E-state index is 13.0. The number of methoxy groups -OCH3 is 1. The highest BCUT2D eigenvalue weighted by Gasteiger charge is 2.28. The van der Waals surface area contributed by atoms with Gasteiger partial charge in [0.15, 0.2) is 0 Å². The summed E-state index contributed by atoms with van der Waals surface area (Å²) in [5.41, 5.74) is 3.40. The molecule has 8 heteroatoms. The average Bonchev–Trinajstić information content (AvgIpc) is 3.34. The summed E-state index contributed by atoms with van der Waals surface area (Å²) in [4.78, 5) is 15.8. The zero-order valence-electron chi connectivity index (χ0n) is 16.6. The second kappa shape index (κ2) is 7.44. The first-order valence-electron chi connectivity index (χ1n) is 9.82. The fourth-order valence-corrected chi connectivity index (χ4v) is 4.31. The Labute approximate surface area is 182 Å². The molecule has 0 unspecified atom stereocenters. The van der Waals surface area contributed by atoms with Gasteiger partial charge in [0.2, 0.25) is 17.4 Å². The lowest BCUT2D eigenvalue weighted by Gasteiger charge is -2.31. The van der Waals surface area contributed by atoms with Crippen LogP contribution in [0.15, 0.2) is 47.0 Å². The van der Waals surface area contributed by atoms with Gasteiger partial charge in [0.25, 0.3) is 5.88 Å². The number of nitrogens with zero attached hydrogens (tertiary/aromatic N) is 1. The Morgan fingerprint density at radius 3 is 2.61 bits per heavy atom. The van der Waals surface area contributed by atoms with Crippen LogP contribution in [0.2, 0.25) is 5.02 Å². The number of hydrogen-bond donors (Lipinski definition) is 3. The van der Waals surface area contributed by atoms with Gasteiger partial charge in [0, 0.05) is 10.9 Å². The molecular weight excluding hydrogens is 420 g/mol. The van der Waals surface area contributed by atoms with Crippen LogP contribution < -0.4 is 4.74 Å². The van der Waals surface area contributed by atoms with E-state index in [-0.39, 0.29) is 29.2 Å². The topological polar surface area (TPSA) is 109 Å². The summed E-state index contributed by atoms with van der Waals surface area (Å²) < 4.78 is 10.0. The molecule has 1 fully saturated rings. The van der Waals surface area contributed by atoms with Crippen molar-refractivity contribution < 1.29 is 24.3 Å². The van der Waals surface area contributed by atoms with Gasteiger partial charge in [-0.05, 0) is 47.2 Å². The van der Waals surface area contributed by atoms with Crippen LogP contribution in [0.1, 0.15) is 40.4 Å². The van der Waals surface area contributed by atoms with E-state index >= 15 is 0 Å². The number of fused-ring (bicyclic) bond motifs is 1. The number of carbonyl (C=O) groups excluding carboxylic acids is 1. The molecule has 31 heavy (non-hydrogen) atoms. The van der Waals surface area contributed by atoms with E-state index in [1.54, 1.807) is 12.1 Å². The fraction of sp³-hybridized carbons (Fsp3) is 0.217. The number of carbonyl (C=O) groups is 1. The number of rotatable bonds is 5. The SMILES string of the molecule is COc1cc(C(=O)c2c(O)[nH]c3cc(Cl)c(-c4ccc(C5CC(O)C5)cc4)cc23)on1. The molecule has 0 aliphatic heterocycles. The molecular formula is C23H19ClN2O5. The van der Waals surface area contributed by atoms with Crippen LogP contribution in [0.25, 0.3) is 22.0 Å². The monoisotopic (exact) mass is 438 g/mol. The molecule has 0 radical (unpaired) electrons. The molecule has 7 nitrogen and oxygen atoms in total. The maximum absolute atomic E-state index is 13.0. The normalized spacial score (nSPS) is 18.2. The predicted octanol–water partition coefficient (Wildman–Crippen LogP) is 4.66. The lowest BCUT2D eigenvalue weighted by atomic mass is 9.77. The number of H-pyrrole nitrogens is 1. The molecule has 158 valence electrons. The van der Waals surface area contributed by atoms with Crippen molar-refractivity contribution in [3.8, 4) is 22.9 Å². The van der Waals surface area contributed by atoms with Crippen molar-refractivity contribution in [1.29, 1.82) is 0 Å². The third-order valence-electron chi connectivity index (χ3n) is 5.82. The molecule has 2 aromatic carbocycles. The number of aliphatic hydroxyl groups excluding tert-OH is 1. The highest BCUT2D eigenvalue weighted by molar-refractivity contribution is 6.34. The highest BCUT2D eigenvalue weighted by Crippen LogP contribution is 2.40. The van der Waals surface area contributed by atoms with E-state index in [1.165, 1.54) is 18.7 Å². The summed E-state index contributed by atoms with van der Waals surface area (Å²) in [5, 5.41) is 24.6. The van der Waals surface area contributed by atoms with Crippen molar-refractivity contribution in [3.63, 3.8) is 0 Å². The Bertz CT molecular complexity index is 1290. The number of ketones is 1. The molecule has 1 saturated carbocycles. The molecule has 0 atom stereocenters. The van der Waals surface area contributed by atoms with Gasteiger partial charge in [-0.3, -0.25) is 4.79 Å². The molecule has 0 amide bonds. The Balaban J connectivity index is 1.55. The van der Waals surface area contributed by atoms with Crippen LogP contribution in [0.4, 0.5) is 0 Å². The highest BCUT2D eigenvalue weighted by atomic mass is 35.5. The Morgan fingerprint density at radius 1 is 1.23 bits per heavy atom. The molecule has 4 aromatic rings. The molecule has 1 aliphatic carbocycles. The van der Waals surface area contributed by atoms with Crippen molar-refractivity contribution in [3.05, 3.63) is 64.4 Å². The maximum Gasteiger partial charge on any atom is 0.254 e. The van der Waals surface area contributed by atoms with E-state index in [1.807, 2.05) is 24.3 Å². The first-order chi connectivity index (χ1) is 14.9. The summed E-state index contributed by atoms with van der Waals surface area (Å²) >= 11 is 6.51. The van der Waals surface area contributed by atoms with Crippen LogP contribution in [0.5, 0.6) is 11.8 Å². The van der Waals surface area contributed by atoms with E-state index < -0.39 is 5.78 Å². The van der Waals surface area contributed by atoms with Crippen molar-refractivity contribution in [1.82, 2.24) is 10.1 Å². The number of nitrogens with one attached hydrogen (secondary N) is 1.